The van der Waals surface area contributed by atoms with Gasteiger partial charge in [0.1, 0.15) is 28.7 Å². The second-order valence-electron chi connectivity index (χ2n) is 7.65. The smallest absolute Gasteiger partial charge is 0.169 e. The molecule has 0 unspecified atom stereocenters. The van der Waals surface area contributed by atoms with Crippen LogP contribution in [-0.4, -0.2) is 53.0 Å². The summed E-state index contributed by atoms with van der Waals surface area (Å²) in [4.78, 5) is 10.9. The highest BCUT2D eigenvalue weighted by molar-refractivity contribution is 6.17. The van der Waals surface area contributed by atoms with E-state index in [4.69, 9.17) is 15.9 Å². The molecule has 6 N–H and O–H groups in total. The predicted octanol–water partition coefficient (Wildman–Crippen LogP) is 2.34. The number of hydrogen-bond acceptors (Lipinski definition) is 7. The fourth-order valence-electron chi connectivity index (χ4n) is 3.84. The van der Waals surface area contributed by atoms with Gasteiger partial charge in [-0.1, -0.05) is 5.92 Å². The molecule has 0 saturated carbocycles. The number of nitrogens with one attached hydrogen (secondary N) is 4. The van der Waals surface area contributed by atoms with E-state index in [-0.39, 0.29) is 40.2 Å². The first-order chi connectivity index (χ1) is 15.4. The second-order valence-corrected chi connectivity index (χ2v) is 7.65. The molecule has 1 aromatic carbocycles. The quantitative estimate of drug-likeness (QED) is 0.307. The van der Waals surface area contributed by atoms with E-state index >= 15 is 0 Å². The monoisotopic (exact) mass is 439 g/mol. The van der Waals surface area contributed by atoms with E-state index in [9.17, 15) is 8.78 Å². The number of hydrogen-bond donors (Lipinski definition) is 5. The first-order valence-electron chi connectivity index (χ1n) is 10.1. The minimum Gasteiger partial charge on any atom is -0.383 e. The van der Waals surface area contributed by atoms with Crippen molar-refractivity contribution in [2.45, 2.75) is 25.4 Å². The molecule has 0 amide bonds. The Morgan fingerprint density at radius 1 is 1.44 bits per heavy atom. The molecule has 3 heterocycles. The number of nitrogen functional groups attached to an aromatic ring is 1. The number of ether oxygens (including phenoxy) is 1. The molecule has 166 valence electrons. The number of aryl methyl sites for hydroxylation is 1. The highest BCUT2D eigenvalue weighted by Gasteiger charge is 2.25. The molecule has 3 aromatic rings. The third-order valence-electron chi connectivity index (χ3n) is 5.28. The summed E-state index contributed by atoms with van der Waals surface area (Å²) in [7, 11) is 1.65. The van der Waals surface area contributed by atoms with Crippen LogP contribution >= 0.6 is 0 Å². The number of nitrogens with two attached hydrogens (primary N) is 1. The molecule has 0 spiro atoms. The van der Waals surface area contributed by atoms with Crippen LogP contribution in [-0.2, 0) is 4.74 Å². The van der Waals surface area contributed by atoms with Crippen molar-refractivity contribution in [2.75, 3.05) is 31.3 Å². The van der Waals surface area contributed by atoms with Gasteiger partial charge in [-0.3, -0.25) is 5.41 Å². The molecular formula is C22H23F2N7O. The van der Waals surface area contributed by atoms with Crippen LogP contribution in [0.3, 0.4) is 0 Å². The largest absolute Gasteiger partial charge is 0.383 e. The van der Waals surface area contributed by atoms with Crippen LogP contribution in [0.4, 0.5) is 20.3 Å². The molecule has 8 nitrogen and oxygen atoms in total. The maximum absolute atomic E-state index is 14.8. The zero-order chi connectivity index (χ0) is 22.8. The fraction of sp³-hybridized carbons (Fsp3) is 0.318. The van der Waals surface area contributed by atoms with Crippen molar-refractivity contribution in [2.24, 2.45) is 0 Å². The lowest BCUT2D eigenvalue weighted by atomic mass is 10.1. The molecule has 2 aromatic heterocycles. The van der Waals surface area contributed by atoms with Crippen LogP contribution in [0.5, 0.6) is 0 Å². The maximum Gasteiger partial charge on any atom is 0.169 e. The Morgan fingerprint density at radius 2 is 2.25 bits per heavy atom. The van der Waals surface area contributed by atoms with Crippen molar-refractivity contribution in [3.05, 3.63) is 46.9 Å². The molecule has 4 rings (SSSR count). The van der Waals surface area contributed by atoms with Gasteiger partial charge in [0.15, 0.2) is 5.82 Å². The van der Waals surface area contributed by atoms with Gasteiger partial charge in [0.2, 0.25) is 0 Å². The first kappa shape index (κ1) is 21.7. The van der Waals surface area contributed by atoms with E-state index in [1.165, 1.54) is 6.20 Å². The van der Waals surface area contributed by atoms with Gasteiger partial charge >= 0.3 is 0 Å². The van der Waals surface area contributed by atoms with Gasteiger partial charge in [-0.25, -0.2) is 18.7 Å². The first-order valence-corrected chi connectivity index (χ1v) is 10.1. The summed E-state index contributed by atoms with van der Waals surface area (Å²) >= 11 is 0. The van der Waals surface area contributed by atoms with Gasteiger partial charge in [0.25, 0.3) is 0 Å². The van der Waals surface area contributed by atoms with Gasteiger partial charge in [0, 0.05) is 43.7 Å². The lowest BCUT2D eigenvalue weighted by molar-refractivity contribution is 0.173. The third kappa shape index (κ3) is 4.26. The Morgan fingerprint density at radius 3 is 3.03 bits per heavy atom. The molecule has 1 aliphatic heterocycles. The Hall–Kier alpha value is -3.55. The molecule has 1 saturated heterocycles. The minimum atomic E-state index is -0.872. The number of pyridine rings is 1. The van der Waals surface area contributed by atoms with E-state index < -0.39 is 17.2 Å². The summed E-state index contributed by atoms with van der Waals surface area (Å²) in [5.41, 5.74) is 6.49. The van der Waals surface area contributed by atoms with Gasteiger partial charge < -0.3 is 26.1 Å². The molecule has 10 heteroatoms. The van der Waals surface area contributed by atoms with Crippen LogP contribution in [0.2, 0.25) is 0 Å². The zero-order valence-electron chi connectivity index (χ0n) is 17.6. The van der Waals surface area contributed by atoms with E-state index in [0.29, 0.717) is 24.7 Å². The van der Waals surface area contributed by atoms with Gasteiger partial charge in [-0.15, -0.1) is 0 Å². The van der Waals surface area contributed by atoms with Gasteiger partial charge in [-0.2, -0.15) is 0 Å². The summed E-state index contributed by atoms with van der Waals surface area (Å²) in [5, 5.41) is 15.1. The summed E-state index contributed by atoms with van der Waals surface area (Å²) < 4.78 is 34.4. The molecular weight excluding hydrogens is 416 g/mol. The van der Waals surface area contributed by atoms with Crippen LogP contribution in [0.25, 0.3) is 11.0 Å². The lowest BCUT2D eigenvalue weighted by Crippen LogP contribution is -2.26. The number of aromatic nitrogens is 3. The summed E-state index contributed by atoms with van der Waals surface area (Å²) in [6, 6.07) is 3.16. The highest BCUT2D eigenvalue weighted by atomic mass is 19.1. The minimum absolute atomic E-state index is 0.00215. The number of aromatic amines is 1. The molecule has 1 fully saturated rings. The van der Waals surface area contributed by atoms with Gasteiger partial charge in [-0.05, 0) is 25.3 Å². The normalized spacial score (nSPS) is 17.9. The van der Waals surface area contributed by atoms with Crippen LogP contribution < -0.4 is 16.4 Å². The van der Waals surface area contributed by atoms with E-state index in [1.807, 2.05) is 0 Å². The van der Waals surface area contributed by atoms with Crippen LogP contribution in [0.1, 0.15) is 23.4 Å². The fourth-order valence-corrected chi connectivity index (χ4v) is 3.84. The van der Waals surface area contributed by atoms with Crippen molar-refractivity contribution >= 4 is 28.3 Å². The standard InChI is InChI=1S/C22H23F2N7O/c1-11-29-18-8-15(23)14(20(24)21(18)30-11)3-4-16(25)19-17(5-6-27-22(19)26)31-12-7-13(10-32-2)28-9-12/h5-6,8,12-13,25,28H,7,9-10H2,1-2H3,(H,29,30)(H3,26,27,31)/t12-,13+/m0/s1. The molecule has 0 radical (unpaired) electrons. The van der Waals surface area contributed by atoms with E-state index in [0.717, 1.165) is 12.5 Å². The Kier molecular flexibility index (Phi) is 6.03. The molecule has 1 aliphatic rings. The van der Waals surface area contributed by atoms with Crippen molar-refractivity contribution in [3.63, 3.8) is 0 Å². The number of rotatable bonds is 5. The Bertz CT molecular complexity index is 1240. The summed E-state index contributed by atoms with van der Waals surface area (Å²) in [5.74, 6) is 3.82. The lowest BCUT2D eigenvalue weighted by Gasteiger charge is -2.17. The average molecular weight is 439 g/mol. The third-order valence-corrected chi connectivity index (χ3v) is 5.28. The van der Waals surface area contributed by atoms with Crippen molar-refractivity contribution in [1.29, 1.82) is 5.41 Å². The van der Waals surface area contributed by atoms with Crippen molar-refractivity contribution in [3.8, 4) is 11.8 Å². The number of H-pyrrole nitrogens is 1. The molecule has 0 aliphatic carbocycles. The molecule has 2 atom stereocenters. The second kappa shape index (κ2) is 8.90. The SMILES string of the molecule is COC[C@H]1C[C@H](Nc2ccnc(N)c2C(=N)C#Cc2c(F)cc3[nH]c(C)nc3c2F)CN1. The number of halogens is 2. The average Bonchev–Trinajstić information content (AvgIpc) is 3.33. The highest BCUT2D eigenvalue weighted by Crippen LogP contribution is 2.24. The Labute approximate surface area is 183 Å². The number of imidazole rings is 1. The molecule has 32 heavy (non-hydrogen) atoms. The number of fused-ring (bicyclic) bond motifs is 1. The molecule has 0 bridgehead atoms. The van der Waals surface area contributed by atoms with Crippen LogP contribution in [0, 0.1) is 35.8 Å². The van der Waals surface area contributed by atoms with Crippen LogP contribution in [0.15, 0.2) is 18.3 Å². The number of benzene rings is 1. The predicted molar refractivity (Wildman–Crippen MR) is 119 cm³/mol. The topological polar surface area (TPSA) is 125 Å². The number of anilines is 2. The van der Waals surface area contributed by atoms with E-state index in [1.54, 1.807) is 20.1 Å². The van der Waals surface area contributed by atoms with Crippen molar-refractivity contribution in [1.82, 2.24) is 20.3 Å². The summed E-state index contributed by atoms with van der Waals surface area (Å²) in [6.45, 7) is 2.96. The maximum atomic E-state index is 14.8. The van der Waals surface area contributed by atoms with Gasteiger partial charge in [0.05, 0.1) is 23.3 Å². The zero-order valence-corrected chi connectivity index (χ0v) is 17.6. The van der Waals surface area contributed by atoms with E-state index in [2.05, 4.69) is 37.4 Å². The van der Waals surface area contributed by atoms with Crippen molar-refractivity contribution < 1.29 is 13.5 Å². The number of methoxy groups -OCH3 is 1. The number of nitrogens with zero attached hydrogens (tertiary/aromatic N) is 2. The summed E-state index contributed by atoms with van der Waals surface area (Å²) in [6.07, 6.45) is 2.36. The Balaban J connectivity index is 1.62.